The van der Waals surface area contributed by atoms with E-state index in [4.69, 9.17) is 0 Å². The molecule has 0 aliphatic heterocycles. The normalized spacial score (nSPS) is 12.5. The first-order valence-corrected chi connectivity index (χ1v) is 7.20. The zero-order valence-corrected chi connectivity index (χ0v) is 12.4. The molecular formula is C17H15F2N3O. The predicted octanol–water partition coefficient (Wildman–Crippen LogP) is 3.05. The Morgan fingerprint density at radius 3 is 2.87 bits per heavy atom. The van der Waals surface area contributed by atoms with Crippen LogP contribution in [-0.2, 0) is 6.54 Å². The third kappa shape index (κ3) is 3.27. The third-order valence-corrected chi connectivity index (χ3v) is 3.74. The maximum Gasteiger partial charge on any atom is 0.252 e. The first-order valence-electron chi connectivity index (χ1n) is 7.20. The number of hydrogen-bond donors (Lipinski definition) is 2. The van der Waals surface area contributed by atoms with Gasteiger partial charge in [0.05, 0.1) is 5.52 Å². The lowest BCUT2D eigenvalue weighted by Gasteiger charge is -2.14. The second-order valence-electron chi connectivity index (χ2n) is 5.34. The van der Waals surface area contributed by atoms with E-state index in [0.717, 1.165) is 5.39 Å². The fourth-order valence-corrected chi connectivity index (χ4v) is 2.44. The maximum absolute atomic E-state index is 13.6. The Morgan fingerprint density at radius 1 is 1.26 bits per heavy atom. The van der Waals surface area contributed by atoms with Crippen molar-refractivity contribution >= 4 is 10.9 Å². The Bertz CT molecular complexity index is 908. The van der Waals surface area contributed by atoms with E-state index in [2.05, 4.69) is 15.3 Å². The minimum absolute atomic E-state index is 0.262. The molecule has 0 unspecified atom stereocenters. The molecule has 2 N–H and O–H groups in total. The molecule has 23 heavy (non-hydrogen) atoms. The predicted molar refractivity (Wildman–Crippen MR) is 84.0 cm³/mol. The molecule has 1 atom stereocenters. The lowest BCUT2D eigenvalue weighted by atomic mass is 10.1. The van der Waals surface area contributed by atoms with Gasteiger partial charge in [-0.1, -0.05) is 6.07 Å². The number of nitrogens with zero attached hydrogens (tertiary/aromatic N) is 1. The molecule has 0 fully saturated rings. The molecule has 3 aromatic rings. The number of fused-ring (bicyclic) bond motifs is 1. The number of hydrogen-bond acceptors (Lipinski definition) is 3. The van der Waals surface area contributed by atoms with E-state index in [1.54, 1.807) is 31.2 Å². The van der Waals surface area contributed by atoms with Gasteiger partial charge in [0.25, 0.3) is 5.56 Å². The Morgan fingerprint density at radius 2 is 2.09 bits per heavy atom. The molecule has 0 saturated carbocycles. The molecule has 0 amide bonds. The van der Waals surface area contributed by atoms with Gasteiger partial charge in [0.1, 0.15) is 5.82 Å². The largest absolute Gasteiger partial charge is 0.322 e. The number of aromatic nitrogens is 2. The van der Waals surface area contributed by atoms with Gasteiger partial charge in [0.2, 0.25) is 5.95 Å². The summed E-state index contributed by atoms with van der Waals surface area (Å²) in [6.07, 6.45) is 1.39. The maximum atomic E-state index is 13.6. The van der Waals surface area contributed by atoms with Crippen molar-refractivity contribution in [2.24, 2.45) is 0 Å². The van der Waals surface area contributed by atoms with Crippen LogP contribution in [0.3, 0.4) is 0 Å². The molecule has 2 aromatic heterocycles. The molecule has 0 aliphatic rings. The minimum Gasteiger partial charge on any atom is -0.322 e. The summed E-state index contributed by atoms with van der Waals surface area (Å²) in [4.78, 5) is 18.3. The highest BCUT2D eigenvalue weighted by atomic mass is 19.1. The third-order valence-electron chi connectivity index (χ3n) is 3.74. The fourth-order valence-electron chi connectivity index (χ4n) is 2.44. The van der Waals surface area contributed by atoms with Gasteiger partial charge in [-0.25, -0.2) is 9.37 Å². The van der Waals surface area contributed by atoms with Crippen LogP contribution in [0.5, 0.6) is 0 Å². The van der Waals surface area contributed by atoms with Crippen LogP contribution in [0.4, 0.5) is 8.78 Å². The summed E-state index contributed by atoms with van der Waals surface area (Å²) in [7, 11) is 0. The number of rotatable bonds is 4. The van der Waals surface area contributed by atoms with E-state index in [9.17, 15) is 13.6 Å². The van der Waals surface area contributed by atoms with Gasteiger partial charge in [-0.15, -0.1) is 0 Å². The number of halogens is 2. The monoisotopic (exact) mass is 315 g/mol. The number of benzene rings is 1. The van der Waals surface area contributed by atoms with E-state index in [1.807, 2.05) is 0 Å². The number of pyridine rings is 2. The summed E-state index contributed by atoms with van der Waals surface area (Å²) < 4.78 is 26.8. The van der Waals surface area contributed by atoms with Crippen molar-refractivity contribution in [1.29, 1.82) is 0 Å². The summed E-state index contributed by atoms with van der Waals surface area (Å²) in [6, 6.07) is 8.93. The van der Waals surface area contributed by atoms with Crippen LogP contribution in [0, 0.1) is 11.8 Å². The lowest BCUT2D eigenvalue weighted by Crippen LogP contribution is -2.24. The highest BCUT2D eigenvalue weighted by molar-refractivity contribution is 5.78. The highest BCUT2D eigenvalue weighted by Crippen LogP contribution is 2.16. The van der Waals surface area contributed by atoms with Crippen LogP contribution in [0.25, 0.3) is 10.9 Å². The van der Waals surface area contributed by atoms with Gasteiger partial charge in [-0.05, 0) is 42.6 Å². The summed E-state index contributed by atoms with van der Waals surface area (Å²) >= 11 is 0. The van der Waals surface area contributed by atoms with Crippen LogP contribution in [-0.4, -0.2) is 9.97 Å². The average molecular weight is 315 g/mol. The molecule has 1 aromatic carbocycles. The van der Waals surface area contributed by atoms with Crippen molar-refractivity contribution in [3.8, 4) is 0 Å². The highest BCUT2D eigenvalue weighted by Gasteiger charge is 2.12. The van der Waals surface area contributed by atoms with Crippen molar-refractivity contribution in [2.75, 3.05) is 0 Å². The zero-order chi connectivity index (χ0) is 16.4. The minimum atomic E-state index is -0.532. The van der Waals surface area contributed by atoms with Gasteiger partial charge in [-0.3, -0.25) is 4.79 Å². The molecule has 0 radical (unpaired) electrons. The van der Waals surface area contributed by atoms with Crippen LogP contribution in [0.2, 0.25) is 0 Å². The molecule has 6 heteroatoms. The number of nitrogens with one attached hydrogen (secondary N) is 2. The molecule has 2 heterocycles. The van der Waals surface area contributed by atoms with Gasteiger partial charge in [-0.2, -0.15) is 4.39 Å². The Labute approximate surface area is 131 Å². The van der Waals surface area contributed by atoms with Crippen molar-refractivity contribution in [1.82, 2.24) is 15.3 Å². The number of H-pyrrole nitrogens is 1. The molecule has 118 valence electrons. The molecule has 4 nitrogen and oxygen atoms in total. The van der Waals surface area contributed by atoms with Gasteiger partial charge >= 0.3 is 0 Å². The second kappa shape index (κ2) is 6.26. The fraction of sp³-hybridized carbons (Fsp3) is 0.176. The molecule has 0 saturated heterocycles. The topological polar surface area (TPSA) is 57.8 Å². The zero-order valence-electron chi connectivity index (χ0n) is 12.4. The molecular weight excluding hydrogens is 300 g/mol. The summed E-state index contributed by atoms with van der Waals surface area (Å²) in [6.45, 7) is 2.06. The van der Waals surface area contributed by atoms with Crippen molar-refractivity contribution in [3.63, 3.8) is 0 Å². The van der Waals surface area contributed by atoms with Crippen molar-refractivity contribution in [2.45, 2.75) is 19.5 Å². The first kappa shape index (κ1) is 15.3. The van der Waals surface area contributed by atoms with Crippen LogP contribution >= 0.6 is 0 Å². The SMILES string of the molecule is C[C@H](NCc1cc2ccc(F)cc2[nH]c1=O)c1cccnc1F. The lowest BCUT2D eigenvalue weighted by molar-refractivity contribution is 0.506. The second-order valence-corrected chi connectivity index (χ2v) is 5.34. The van der Waals surface area contributed by atoms with E-state index in [1.165, 1.54) is 18.3 Å². The Balaban J connectivity index is 1.82. The first-order chi connectivity index (χ1) is 11.0. The number of aromatic amines is 1. The standard InChI is InChI=1S/C17H15F2N3O/c1-10(14-3-2-6-20-16(14)19)21-9-12-7-11-4-5-13(18)8-15(11)22-17(12)23/h2-8,10,21H,9H2,1H3,(H,22,23)/t10-/m0/s1. The molecule has 3 rings (SSSR count). The van der Waals surface area contributed by atoms with Gasteiger partial charge < -0.3 is 10.3 Å². The summed E-state index contributed by atoms with van der Waals surface area (Å²) in [5, 5.41) is 3.84. The Kier molecular flexibility index (Phi) is 4.16. The molecule has 0 bridgehead atoms. The van der Waals surface area contributed by atoms with Crippen LogP contribution in [0.1, 0.15) is 24.1 Å². The van der Waals surface area contributed by atoms with E-state index >= 15 is 0 Å². The van der Waals surface area contributed by atoms with Gasteiger partial charge in [0.15, 0.2) is 0 Å². The molecule has 0 spiro atoms. The summed E-state index contributed by atoms with van der Waals surface area (Å²) in [5.74, 6) is -0.935. The van der Waals surface area contributed by atoms with Crippen molar-refractivity contribution < 1.29 is 8.78 Å². The quantitative estimate of drug-likeness (QED) is 0.728. The van der Waals surface area contributed by atoms with E-state index in [0.29, 0.717) is 16.6 Å². The Hall–Kier alpha value is -2.60. The van der Waals surface area contributed by atoms with Crippen molar-refractivity contribution in [3.05, 3.63) is 75.8 Å². The van der Waals surface area contributed by atoms with Crippen LogP contribution < -0.4 is 10.9 Å². The molecule has 0 aliphatic carbocycles. The van der Waals surface area contributed by atoms with Gasteiger partial charge in [0, 0.05) is 29.9 Å². The summed E-state index contributed by atoms with van der Waals surface area (Å²) in [5.41, 5.74) is 1.09. The van der Waals surface area contributed by atoms with Crippen LogP contribution in [0.15, 0.2) is 47.4 Å². The van der Waals surface area contributed by atoms with E-state index < -0.39 is 11.8 Å². The van der Waals surface area contributed by atoms with E-state index in [-0.39, 0.29) is 18.1 Å². The smallest absolute Gasteiger partial charge is 0.252 e. The average Bonchev–Trinajstić information content (AvgIpc) is 2.53.